The second-order valence-electron chi connectivity index (χ2n) is 7.40. The number of fused-ring (bicyclic) bond motifs is 1. The summed E-state index contributed by atoms with van der Waals surface area (Å²) in [5, 5.41) is 11.9. The fraction of sp³-hybridized carbons (Fsp3) is 0.444. The van der Waals surface area contributed by atoms with Crippen molar-refractivity contribution in [1.82, 2.24) is 29.9 Å². The summed E-state index contributed by atoms with van der Waals surface area (Å²) in [5.41, 5.74) is -0.777. The van der Waals surface area contributed by atoms with Crippen molar-refractivity contribution in [3.05, 3.63) is 35.9 Å². The van der Waals surface area contributed by atoms with Crippen LogP contribution >= 0.6 is 0 Å². The minimum atomic E-state index is -4.61. The van der Waals surface area contributed by atoms with Gasteiger partial charge in [-0.05, 0) is 19.9 Å². The largest absolute Gasteiger partial charge is 0.441 e. The second-order valence-corrected chi connectivity index (χ2v) is 7.40. The van der Waals surface area contributed by atoms with Crippen molar-refractivity contribution >= 4 is 23.5 Å². The van der Waals surface area contributed by atoms with Crippen LogP contribution in [0.4, 0.5) is 34.1 Å². The van der Waals surface area contributed by atoms with Crippen LogP contribution in [0.25, 0.3) is 5.65 Å². The van der Waals surface area contributed by atoms with Crippen LogP contribution in [0.5, 0.6) is 0 Å². The fourth-order valence-corrected chi connectivity index (χ4v) is 3.15. The molecule has 10 nitrogen and oxygen atoms in total. The minimum Gasteiger partial charge on any atom is -0.441 e. The molecule has 4 heterocycles. The minimum absolute atomic E-state index is 0.0271. The number of nitrogens with one attached hydrogen (secondary N) is 3. The van der Waals surface area contributed by atoms with Gasteiger partial charge < -0.3 is 20.1 Å². The van der Waals surface area contributed by atoms with Gasteiger partial charge in [-0.2, -0.15) is 18.3 Å². The third kappa shape index (κ3) is 4.44. The molecule has 1 aliphatic rings. The number of aromatic amines is 1. The van der Waals surface area contributed by atoms with E-state index >= 15 is 0 Å². The van der Waals surface area contributed by atoms with Crippen LogP contribution in [-0.2, 0) is 15.7 Å². The number of nitrogens with zero attached hydrogens (tertiary/aromatic N) is 4. The van der Waals surface area contributed by atoms with E-state index in [1.165, 1.54) is 18.3 Å². The average Bonchev–Trinajstić information content (AvgIpc) is 3.40. The number of carbonyl (C=O) groups excluding carboxylic acids is 1. The van der Waals surface area contributed by atoms with E-state index in [2.05, 4.69) is 30.8 Å². The van der Waals surface area contributed by atoms with Gasteiger partial charge in [0.2, 0.25) is 5.95 Å². The molecule has 1 amide bonds. The smallest absolute Gasteiger partial charge is 0.434 e. The average molecular weight is 457 g/mol. The van der Waals surface area contributed by atoms with E-state index in [4.69, 9.17) is 9.47 Å². The first kappa shape index (κ1) is 21.8. The Morgan fingerprint density at radius 1 is 1.41 bits per heavy atom. The Balaban J connectivity index is 1.47. The van der Waals surface area contributed by atoms with Gasteiger partial charge in [0.05, 0.1) is 12.3 Å². The van der Waals surface area contributed by atoms with Crippen LogP contribution in [0.15, 0.2) is 24.5 Å². The van der Waals surface area contributed by atoms with Gasteiger partial charge in [0.25, 0.3) is 0 Å². The number of hydrogen-bond acceptors (Lipinski definition) is 7. The van der Waals surface area contributed by atoms with Gasteiger partial charge >= 0.3 is 12.3 Å². The molecule has 0 unspecified atom stereocenters. The predicted octanol–water partition coefficient (Wildman–Crippen LogP) is 3.13. The van der Waals surface area contributed by atoms with Gasteiger partial charge in [-0.15, -0.1) is 0 Å². The van der Waals surface area contributed by atoms with E-state index in [0.29, 0.717) is 0 Å². The monoisotopic (exact) mass is 457 g/mol. The molecule has 32 heavy (non-hydrogen) atoms. The van der Waals surface area contributed by atoms with Crippen molar-refractivity contribution in [3.63, 3.8) is 0 Å². The molecule has 3 N–H and O–H groups in total. The molecule has 1 saturated heterocycles. The zero-order chi connectivity index (χ0) is 23.0. The third-order valence-corrected chi connectivity index (χ3v) is 4.57. The van der Waals surface area contributed by atoms with E-state index < -0.39 is 36.3 Å². The molecule has 0 spiro atoms. The molecule has 3 aromatic heterocycles. The Kier molecular flexibility index (Phi) is 5.62. The van der Waals surface area contributed by atoms with Crippen LogP contribution < -0.4 is 10.6 Å². The highest BCUT2D eigenvalue weighted by Crippen LogP contribution is 2.34. The van der Waals surface area contributed by atoms with Crippen LogP contribution in [0.1, 0.15) is 31.3 Å². The first-order valence-corrected chi connectivity index (χ1v) is 9.58. The Morgan fingerprint density at radius 2 is 2.19 bits per heavy atom. The summed E-state index contributed by atoms with van der Waals surface area (Å²) < 4.78 is 65.2. The zero-order valence-electron chi connectivity index (χ0n) is 16.9. The van der Waals surface area contributed by atoms with E-state index in [9.17, 15) is 22.4 Å². The number of aromatic nitrogens is 5. The third-order valence-electron chi connectivity index (χ3n) is 4.57. The highest BCUT2D eigenvalue weighted by atomic mass is 19.4. The van der Waals surface area contributed by atoms with E-state index in [0.717, 1.165) is 10.6 Å². The van der Waals surface area contributed by atoms with Crippen molar-refractivity contribution in [2.75, 3.05) is 11.9 Å². The summed E-state index contributed by atoms with van der Waals surface area (Å²) in [6.45, 7) is 3.34. The summed E-state index contributed by atoms with van der Waals surface area (Å²) in [5.74, 6) is 0.194. The maximum Gasteiger partial charge on any atom is 0.434 e. The lowest BCUT2D eigenvalue weighted by atomic mass is 10.1. The van der Waals surface area contributed by atoms with Crippen molar-refractivity contribution < 1.29 is 31.8 Å². The Bertz CT molecular complexity index is 1110. The SMILES string of the molecule is CC(C)NC(=O)O[C@@H]1CO[C@H](c2cc(Nc3nccc4nc(C(F)(F)F)cn34)n[nH]2)[C@H]1F. The lowest BCUT2D eigenvalue weighted by Gasteiger charge is -2.16. The highest BCUT2D eigenvalue weighted by molar-refractivity contribution is 5.67. The number of H-pyrrole nitrogens is 1. The topological polar surface area (TPSA) is 118 Å². The number of hydrogen-bond donors (Lipinski definition) is 3. The fourth-order valence-electron chi connectivity index (χ4n) is 3.15. The Hall–Kier alpha value is -3.42. The molecule has 0 radical (unpaired) electrons. The van der Waals surface area contributed by atoms with Gasteiger partial charge in [0.15, 0.2) is 23.8 Å². The number of carbonyl (C=O) groups is 1. The number of halogens is 4. The number of alkyl carbamates (subject to hydrolysis) is 1. The van der Waals surface area contributed by atoms with Gasteiger partial charge in [0.1, 0.15) is 11.8 Å². The summed E-state index contributed by atoms with van der Waals surface area (Å²) >= 11 is 0. The first-order chi connectivity index (χ1) is 15.1. The summed E-state index contributed by atoms with van der Waals surface area (Å²) in [7, 11) is 0. The quantitative estimate of drug-likeness (QED) is 0.504. The lowest BCUT2D eigenvalue weighted by molar-refractivity contribution is -0.140. The summed E-state index contributed by atoms with van der Waals surface area (Å²) in [6, 6.07) is 2.59. The number of alkyl halides is 4. The molecule has 0 aliphatic carbocycles. The van der Waals surface area contributed by atoms with E-state index in [1.54, 1.807) is 13.8 Å². The van der Waals surface area contributed by atoms with Gasteiger partial charge in [0, 0.05) is 24.5 Å². The van der Waals surface area contributed by atoms with Crippen LogP contribution in [0.3, 0.4) is 0 Å². The molecule has 0 saturated carbocycles. The van der Waals surface area contributed by atoms with Crippen LogP contribution in [0.2, 0.25) is 0 Å². The number of ether oxygens (including phenoxy) is 2. The van der Waals surface area contributed by atoms with Crippen molar-refractivity contribution in [3.8, 4) is 0 Å². The lowest BCUT2D eigenvalue weighted by Crippen LogP contribution is -2.36. The molecule has 3 atom stereocenters. The first-order valence-electron chi connectivity index (χ1n) is 9.58. The number of rotatable bonds is 5. The molecule has 3 aromatic rings. The van der Waals surface area contributed by atoms with Crippen LogP contribution in [-0.4, -0.2) is 55.6 Å². The molecular weight excluding hydrogens is 438 g/mol. The van der Waals surface area contributed by atoms with Crippen molar-refractivity contribution in [1.29, 1.82) is 0 Å². The molecule has 4 rings (SSSR count). The number of anilines is 2. The Labute approximate surface area is 178 Å². The van der Waals surface area contributed by atoms with E-state index in [1.807, 2.05) is 0 Å². The second kappa shape index (κ2) is 8.26. The van der Waals surface area contributed by atoms with Crippen LogP contribution in [0, 0.1) is 0 Å². The predicted molar refractivity (Wildman–Crippen MR) is 102 cm³/mol. The number of amides is 1. The normalized spacial score (nSPS) is 21.3. The zero-order valence-corrected chi connectivity index (χ0v) is 16.9. The molecule has 1 aliphatic heterocycles. The summed E-state index contributed by atoms with van der Waals surface area (Å²) in [6.07, 6.45) is -7.07. The standard InChI is InChI=1S/C18H19F4N7O3/c1-8(2)24-17(30)32-10-7-31-15(14(10)19)9-5-12(28-27-9)26-16-23-4-3-13-25-11(6-29(13)16)18(20,21)22/h3-6,8,10,14-15H,7H2,1-2H3,(H,24,30)(H2,23,26,27,28)/t10-,14+,15-/m1/s1. The summed E-state index contributed by atoms with van der Waals surface area (Å²) in [4.78, 5) is 19.2. The maximum atomic E-state index is 14.8. The van der Waals surface area contributed by atoms with Crippen molar-refractivity contribution in [2.45, 2.75) is 44.4 Å². The molecular formula is C18H19F4N7O3. The Morgan fingerprint density at radius 3 is 2.91 bits per heavy atom. The van der Waals surface area contributed by atoms with Gasteiger partial charge in [-0.25, -0.2) is 19.2 Å². The molecule has 0 bridgehead atoms. The molecule has 14 heteroatoms. The molecule has 1 fully saturated rings. The highest BCUT2D eigenvalue weighted by Gasteiger charge is 2.42. The van der Waals surface area contributed by atoms with Crippen molar-refractivity contribution in [2.24, 2.45) is 0 Å². The van der Waals surface area contributed by atoms with E-state index in [-0.39, 0.29) is 35.8 Å². The van der Waals surface area contributed by atoms with Gasteiger partial charge in [-0.3, -0.25) is 9.50 Å². The number of imidazole rings is 1. The van der Waals surface area contributed by atoms with Gasteiger partial charge in [-0.1, -0.05) is 0 Å². The maximum absolute atomic E-state index is 14.8. The molecule has 0 aromatic carbocycles. The molecule has 172 valence electrons.